The molecule has 2 atom stereocenters. The highest BCUT2D eigenvalue weighted by atomic mass is 79.9. The standard InChI is InChI=1S/C17H21BrN2O2/c1-17(2,3)22-16(21)20-13-5-6-14(20)9-12(8-13)11-4-7-15(18)19-10-11/h4,7-8,10,13-14H,5-6,9H2,1-3H3. The molecule has 4 nitrogen and oxygen atoms in total. The van der Waals surface area contributed by atoms with Crippen molar-refractivity contribution >= 4 is 27.6 Å². The molecule has 1 saturated heterocycles. The van der Waals surface area contributed by atoms with Crippen LogP contribution in [0.4, 0.5) is 4.79 Å². The monoisotopic (exact) mass is 364 g/mol. The zero-order valence-electron chi connectivity index (χ0n) is 13.2. The van der Waals surface area contributed by atoms with Crippen LogP contribution in [0.5, 0.6) is 0 Å². The second-order valence-electron chi connectivity index (χ2n) is 6.95. The van der Waals surface area contributed by atoms with Gasteiger partial charge >= 0.3 is 6.09 Å². The number of nitrogens with zero attached hydrogens (tertiary/aromatic N) is 2. The topological polar surface area (TPSA) is 42.4 Å². The Morgan fingerprint density at radius 2 is 2.14 bits per heavy atom. The van der Waals surface area contributed by atoms with Crippen molar-refractivity contribution < 1.29 is 9.53 Å². The molecule has 2 unspecified atom stereocenters. The molecule has 118 valence electrons. The summed E-state index contributed by atoms with van der Waals surface area (Å²) in [5.74, 6) is 0. The van der Waals surface area contributed by atoms with E-state index in [1.165, 1.54) is 5.57 Å². The Hall–Kier alpha value is -1.36. The van der Waals surface area contributed by atoms with Crippen LogP contribution >= 0.6 is 15.9 Å². The third kappa shape index (κ3) is 3.19. The highest BCUT2D eigenvalue weighted by Gasteiger charge is 2.41. The largest absolute Gasteiger partial charge is 0.444 e. The van der Waals surface area contributed by atoms with Gasteiger partial charge in [0.05, 0.1) is 6.04 Å². The number of pyridine rings is 1. The molecule has 2 aliphatic heterocycles. The molecule has 0 N–H and O–H groups in total. The molecular weight excluding hydrogens is 344 g/mol. The number of hydrogen-bond donors (Lipinski definition) is 0. The van der Waals surface area contributed by atoms with Crippen LogP contribution in [0, 0.1) is 0 Å². The van der Waals surface area contributed by atoms with Crippen LogP contribution in [0.1, 0.15) is 45.6 Å². The minimum absolute atomic E-state index is 0.146. The molecule has 1 aromatic heterocycles. The smallest absolute Gasteiger partial charge is 0.411 e. The lowest BCUT2D eigenvalue weighted by atomic mass is 9.96. The number of hydrogen-bond acceptors (Lipinski definition) is 3. The molecule has 3 heterocycles. The molecule has 0 radical (unpaired) electrons. The van der Waals surface area contributed by atoms with Gasteiger partial charge in [-0.3, -0.25) is 4.90 Å². The average Bonchev–Trinajstić information content (AvgIpc) is 2.69. The highest BCUT2D eigenvalue weighted by molar-refractivity contribution is 9.10. The maximum atomic E-state index is 12.4. The van der Waals surface area contributed by atoms with Crippen molar-refractivity contribution in [2.45, 2.75) is 57.7 Å². The van der Waals surface area contributed by atoms with Gasteiger partial charge in [-0.2, -0.15) is 0 Å². The van der Waals surface area contributed by atoms with Gasteiger partial charge in [-0.25, -0.2) is 9.78 Å². The molecule has 1 fully saturated rings. The zero-order chi connectivity index (χ0) is 15.9. The lowest BCUT2D eigenvalue weighted by Gasteiger charge is -2.35. The Balaban J connectivity index is 1.80. The fourth-order valence-corrected chi connectivity index (χ4v) is 3.44. The third-order valence-electron chi connectivity index (χ3n) is 4.10. The summed E-state index contributed by atoms with van der Waals surface area (Å²) >= 11 is 3.36. The van der Waals surface area contributed by atoms with Crippen LogP contribution in [-0.2, 0) is 4.74 Å². The number of carbonyl (C=O) groups is 1. The molecule has 3 rings (SSSR count). The van der Waals surface area contributed by atoms with E-state index < -0.39 is 5.60 Å². The van der Waals surface area contributed by atoms with Gasteiger partial charge < -0.3 is 4.74 Å². The Kier molecular flexibility index (Phi) is 4.02. The summed E-state index contributed by atoms with van der Waals surface area (Å²) in [6.45, 7) is 5.72. The molecule has 0 aliphatic carbocycles. The second kappa shape index (κ2) is 5.69. The first-order valence-corrected chi connectivity index (χ1v) is 8.47. The summed E-state index contributed by atoms with van der Waals surface area (Å²) in [5.41, 5.74) is 1.98. The van der Waals surface area contributed by atoms with Gasteiger partial charge in [0.15, 0.2) is 0 Å². The predicted octanol–water partition coefficient (Wildman–Crippen LogP) is 4.40. The van der Waals surface area contributed by atoms with E-state index in [9.17, 15) is 4.79 Å². The molecule has 1 aromatic rings. The predicted molar refractivity (Wildman–Crippen MR) is 89.4 cm³/mol. The van der Waals surface area contributed by atoms with E-state index in [0.29, 0.717) is 0 Å². The van der Waals surface area contributed by atoms with Crippen LogP contribution < -0.4 is 0 Å². The van der Waals surface area contributed by atoms with E-state index in [1.54, 1.807) is 0 Å². The van der Waals surface area contributed by atoms with Crippen molar-refractivity contribution in [3.05, 3.63) is 34.6 Å². The van der Waals surface area contributed by atoms with E-state index in [-0.39, 0.29) is 18.2 Å². The SMILES string of the molecule is CC(C)(C)OC(=O)N1C2C=C(c3ccc(Br)nc3)CC1CC2. The molecule has 22 heavy (non-hydrogen) atoms. The van der Waals surface area contributed by atoms with Crippen LogP contribution in [0.3, 0.4) is 0 Å². The number of rotatable bonds is 1. The van der Waals surface area contributed by atoms with E-state index in [4.69, 9.17) is 4.74 Å². The summed E-state index contributed by atoms with van der Waals surface area (Å²) < 4.78 is 6.39. The second-order valence-corrected chi connectivity index (χ2v) is 7.76. The molecule has 5 heteroatoms. The molecule has 0 aromatic carbocycles. The van der Waals surface area contributed by atoms with Crippen LogP contribution in [0.2, 0.25) is 0 Å². The fraction of sp³-hybridized carbons (Fsp3) is 0.529. The minimum Gasteiger partial charge on any atom is -0.444 e. The van der Waals surface area contributed by atoms with Gasteiger partial charge in [0.25, 0.3) is 0 Å². The quantitative estimate of drug-likeness (QED) is 0.693. The number of ether oxygens (including phenoxy) is 1. The molecule has 2 bridgehead atoms. The Morgan fingerprint density at radius 1 is 1.36 bits per heavy atom. The Morgan fingerprint density at radius 3 is 2.73 bits per heavy atom. The van der Waals surface area contributed by atoms with Crippen molar-refractivity contribution in [2.24, 2.45) is 0 Å². The average molecular weight is 365 g/mol. The molecule has 1 amide bonds. The van der Waals surface area contributed by atoms with Gasteiger partial charge in [0.1, 0.15) is 10.2 Å². The van der Waals surface area contributed by atoms with Gasteiger partial charge in [0.2, 0.25) is 0 Å². The van der Waals surface area contributed by atoms with E-state index >= 15 is 0 Å². The summed E-state index contributed by atoms with van der Waals surface area (Å²) in [7, 11) is 0. The maximum Gasteiger partial charge on any atom is 0.411 e. The van der Waals surface area contributed by atoms with E-state index in [2.05, 4.69) is 33.1 Å². The first-order valence-electron chi connectivity index (χ1n) is 7.67. The maximum absolute atomic E-state index is 12.4. The number of halogens is 1. The van der Waals surface area contributed by atoms with Crippen LogP contribution in [0.15, 0.2) is 29.0 Å². The van der Waals surface area contributed by atoms with Crippen molar-refractivity contribution in [3.63, 3.8) is 0 Å². The summed E-state index contributed by atoms with van der Waals surface area (Å²) in [4.78, 5) is 18.6. The number of aromatic nitrogens is 1. The molecule has 2 aliphatic rings. The highest BCUT2D eigenvalue weighted by Crippen LogP contribution is 2.39. The summed E-state index contributed by atoms with van der Waals surface area (Å²) in [6, 6.07) is 4.42. The zero-order valence-corrected chi connectivity index (χ0v) is 14.8. The van der Waals surface area contributed by atoms with Crippen molar-refractivity contribution in [2.75, 3.05) is 0 Å². The van der Waals surface area contributed by atoms with Gasteiger partial charge in [0, 0.05) is 12.2 Å². The number of amides is 1. The Labute approximate surface area is 139 Å². The normalized spacial score (nSPS) is 24.2. The van der Waals surface area contributed by atoms with Crippen molar-refractivity contribution in [3.8, 4) is 0 Å². The van der Waals surface area contributed by atoms with E-state index in [0.717, 1.165) is 29.4 Å². The fourth-order valence-electron chi connectivity index (χ4n) is 3.21. The molecule has 0 saturated carbocycles. The number of fused-ring (bicyclic) bond motifs is 2. The lowest BCUT2D eigenvalue weighted by Crippen LogP contribution is -2.45. The van der Waals surface area contributed by atoms with Crippen LogP contribution in [-0.4, -0.2) is 33.7 Å². The summed E-state index contributed by atoms with van der Waals surface area (Å²) in [6.07, 6.45) is 6.82. The lowest BCUT2D eigenvalue weighted by molar-refractivity contribution is 0.0175. The first-order chi connectivity index (χ1) is 10.3. The van der Waals surface area contributed by atoms with Gasteiger partial charge in [-0.1, -0.05) is 12.1 Å². The van der Waals surface area contributed by atoms with Gasteiger partial charge in [-0.05, 0) is 73.2 Å². The Bertz CT molecular complexity index is 604. The van der Waals surface area contributed by atoms with E-state index in [1.807, 2.05) is 37.9 Å². The molecular formula is C17H21BrN2O2. The van der Waals surface area contributed by atoms with Crippen molar-refractivity contribution in [1.29, 1.82) is 0 Å². The minimum atomic E-state index is -0.448. The van der Waals surface area contributed by atoms with Crippen molar-refractivity contribution in [1.82, 2.24) is 9.88 Å². The summed E-state index contributed by atoms with van der Waals surface area (Å²) in [5, 5.41) is 0. The van der Waals surface area contributed by atoms with Crippen LogP contribution in [0.25, 0.3) is 5.57 Å². The van der Waals surface area contributed by atoms with Gasteiger partial charge in [-0.15, -0.1) is 0 Å². The molecule has 0 spiro atoms. The first kappa shape index (κ1) is 15.5. The third-order valence-corrected chi connectivity index (χ3v) is 4.57. The number of carbonyl (C=O) groups excluding carboxylic acids is 1.